The number of hydrogen-bond donors (Lipinski definition) is 7. The molecule has 1 saturated heterocycles. The van der Waals surface area contributed by atoms with E-state index in [0.29, 0.717) is 0 Å². The molecule has 12 heteroatoms. The number of anilines is 1. The molecular formula is C29H21NO11. The van der Waals surface area contributed by atoms with E-state index >= 15 is 0 Å². The molecule has 0 spiro atoms. The Bertz CT molecular complexity index is 1770. The molecule has 6 rings (SSSR count). The fourth-order valence-corrected chi connectivity index (χ4v) is 6.13. The van der Waals surface area contributed by atoms with Gasteiger partial charge in [0.2, 0.25) is 5.78 Å². The maximum atomic E-state index is 13.9. The number of rotatable bonds is 3. The predicted octanol–water partition coefficient (Wildman–Crippen LogP) is -0.440. The molecule has 12 nitrogen and oxygen atoms in total. The lowest BCUT2D eigenvalue weighted by molar-refractivity contribution is -0.174. The van der Waals surface area contributed by atoms with Crippen LogP contribution in [0.25, 0.3) is 0 Å². The number of fused-ring (bicyclic) bond motifs is 4. The van der Waals surface area contributed by atoms with Gasteiger partial charge in [-0.25, -0.2) is 4.79 Å². The Morgan fingerprint density at radius 3 is 2.44 bits per heavy atom. The predicted molar refractivity (Wildman–Crippen MR) is 137 cm³/mol. The molecular weight excluding hydrogens is 538 g/mol. The van der Waals surface area contributed by atoms with Gasteiger partial charge in [0, 0.05) is 11.1 Å². The summed E-state index contributed by atoms with van der Waals surface area (Å²) in [6.07, 6.45) is -1.34. The number of carbonyl (C=O) groups excluding carboxylic acids is 3. The smallest absolute Gasteiger partial charge is 0.337 e. The molecule has 4 aliphatic rings. The molecule has 2 aromatic rings. The SMILES string of the molecule is COC(=O)[C@H](O)[C@@](C)(O)[C@@]12O[C@]13c1cc(O)c4c(c1N[C@H]2C#C/C=C\C#C[C@H]3O)C(=O)c1c(ccc(O)c1O)C4=O. The minimum absolute atomic E-state index is 0.147. The van der Waals surface area contributed by atoms with Crippen molar-refractivity contribution >= 4 is 23.2 Å². The second kappa shape index (κ2) is 8.33. The van der Waals surface area contributed by atoms with Crippen molar-refractivity contribution in [1.82, 2.24) is 0 Å². The van der Waals surface area contributed by atoms with Crippen LogP contribution in [0.1, 0.15) is 44.3 Å². The second-order valence-corrected chi connectivity index (χ2v) is 10.1. The number of allylic oxidation sites excluding steroid dienone is 2. The van der Waals surface area contributed by atoms with Crippen LogP contribution in [-0.2, 0) is 19.9 Å². The summed E-state index contributed by atoms with van der Waals surface area (Å²) in [7, 11) is 0.994. The molecule has 208 valence electrons. The number of phenolic OH excluding ortho intramolecular Hbond substituents is 3. The van der Waals surface area contributed by atoms with E-state index in [1.807, 2.05) is 0 Å². The molecule has 0 radical (unpaired) electrons. The van der Waals surface area contributed by atoms with Crippen LogP contribution in [0.15, 0.2) is 30.4 Å². The zero-order valence-electron chi connectivity index (χ0n) is 21.3. The number of epoxide rings is 1. The van der Waals surface area contributed by atoms with Crippen LogP contribution < -0.4 is 5.32 Å². The third-order valence-electron chi connectivity index (χ3n) is 8.11. The number of ether oxygens (including phenoxy) is 2. The average molecular weight is 559 g/mol. The lowest BCUT2D eigenvalue weighted by Crippen LogP contribution is -2.66. The van der Waals surface area contributed by atoms with Crippen molar-refractivity contribution < 1.29 is 54.5 Å². The Kier molecular flexibility index (Phi) is 5.36. The highest BCUT2D eigenvalue weighted by molar-refractivity contribution is 6.32. The minimum atomic E-state index is -2.53. The van der Waals surface area contributed by atoms with Gasteiger partial charge in [0.15, 0.2) is 40.7 Å². The van der Waals surface area contributed by atoms with E-state index in [0.717, 1.165) is 32.2 Å². The Morgan fingerprint density at radius 2 is 1.76 bits per heavy atom. The van der Waals surface area contributed by atoms with Crippen molar-refractivity contribution in [2.75, 3.05) is 12.4 Å². The molecule has 0 amide bonds. The van der Waals surface area contributed by atoms with E-state index in [-0.39, 0.29) is 16.8 Å². The largest absolute Gasteiger partial charge is 0.507 e. The number of ketones is 2. The number of carbonyl (C=O) groups is 3. The molecule has 0 saturated carbocycles. The van der Waals surface area contributed by atoms with Crippen molar-refractivity contribution in [3.8, 4) is 40.9 Å². The van der Waals surface area contributed by atoms with Gasteiger partial charge in [-0.15, -0.1) is 0 Å². The van der Waals surface area contributed by atoms with Crippen molar-refractivity contribution in [2.24, 2.45) is 0 Å². The van der Waals surface area contributed by atoms with Crippen molar-refractivity contribution in [3.63, 3.8) is 0 Å². The number of phenols is 3. The van der Waals surface area contributed by atoms with Crippen LogP contribution in [0.2, 0.25) is 0 Å². The van der Waals surface area contributed by atoms with Crippen LogP contribution in [0, 0.1) is 23.7 Å². The van der Waals surface area contributed by atoms with Gasteiger partial charge in [0.05, 0.1) is 29.5 Å². The van der Waals surface area contributed by atoms with E-state index in [1.54, 1.807) is 0 Å². The number of benzene rings is 2. The highest BCUT2D eigenvalue weighted by Crippen LogP contribution is 2.70. The van der Waals surface area contributed by atoms with Crippen molar-refractivity contribution in [3.05, 3.63) is 58.2 Å². The topological polar surface area (TPSA) is 206 Å². The number of aromatic hydroxyl groups is 3. The van der Waals surface area contributed by atoms with E-state index in [9.17, 15) is 45.0 Å². The normalized spacial score (nSPS) is 29.2. The molecule has 0 aromatic heterocycles. The number of nitrogens with one attached hydrogen (secondary N) is 1. The summed E-state index contributed by atoms with van der Waals surface area (Å²) in [5.41, 5.74) is -8.71. The Labute approximate surface area is 231 Å². The van der Waals surface area contributed by atoms with Gasteiger partial charge in [-0.3, -0.25) is 9.59 Å². The van der Waals surface area contributed by atoms with Crippen molar-refractivity contribution in [2.45, 2.75) is 42.0 Å². The average Bonchev–Trinajstić information content (AvgIpc) is 3.68. The summed E-state index contributed by atoms with van der Waals surface area (Å²) in [6, 6.07) is 1.84. The number of aliphatic hydroxyl groups is 3. The van der Waals surface area contributed by atoms with Gasteiger partial charge in [0.1, 0.15) is 17.4 Å². The molecule has 6 atom stereocenters. The summed E-state index contributed by atoms with van der Waals surface area (Å²) in [5, 5.41) is 68.6. The van der Waals surface area contributed by atoms with Gasteiger partial charge in [-0.05, 0) is 37.3 Å². The molecule has 2 aromatic carbocycles. The van der Waals surface area contributed by atoms with Gasteiger partial charge in [-0.1, -0.05) is 23.7 Å². The summed E-state index contributed by atoms with van der Waals surface area (Å²) < 4.78 is 10.7. The number of methoxy groups -OCH3 is 1. The van der Waals surface area contributed by atoms with E-state index in [2.05, 4.69) is 33.7 Å². The minimum Gasteiger partial charge on any atom is -0.507 e. The number of esters is 1. The summed E-state index contributed by atoms with van der Waals surface area (Å²) >= 11 is 0. The van der Waals surface area contributed by atoms with E-state index in [1.165, 1.54) is 12.2 Å². The quantitative estimate of drug-likeness (QED) is 0.0717. The standard InChI is InChI=1S/C29H21NO11/c1-27(39,25(37)26(38)40-2)29-16-7-5-3-4-6-8-17(33)28(29,41-29)13-11-15(32)19-20(21(13)30-16)24(36)18-12(22(19)34)9-10-14(31)23(18)35/h3-4,9-11,16-17,25,30-33,35,37,39H,1-2H3/b4-3-/t16-,17+,25-,27+,28-,29+/m0/s1. The maximum absolute atomic E-state index is 13.9. The highest BCUT2D eigenvalue weighted by atomic mass is 16.7. The van der Waals surface area contributed by atoms with Gasteiger partial charge in [0.25, 0.3) is 0 Å². The lowest BCUT2D eigenvalue weighted by atomic mass is 9.64. The molecule has 2 aliphatic heterocycles. The molecule has 2 aliphatic carbocycles. The lowest BCUT2D eigenvalue weighted by Gasteiger charge is -2.43. The first-order valence-corrected chi connectivity index (χ1v) is 12.2. The molecule has 2 heterocycles. The first kappa shape index (κ1) is 26.4. The first-order valence-electron chi connectivity index (χ1n) is 12.2. The fourth-order valence-electron chi connectivity index (χ4n) is 6.13. The van der Waals surface area contributed by atoms with Gasteiger partial charge < -0.3 is 45.4 Å². The van der Waals surface area contributed by atoms with Crippen LogP contribution in [0.3, 0.4) is 0 Å². The molecule has 1 fully saturated rings. The highest BCUT2D eigenvalue weighted by Gasteiger charge is 2.87. The van der Waals surface area contributed by atoms with Gasteiger partial charge in [-0.2, -0.15) is 0 Å². The first-order chi connectivity index (χ1) is 19.4. The van der Waals surface area contributed by atoms with E-state index < -0.39 is 86.5 Å². The Balaban J connectivity index is 1.68. The van der Waals surface area contributed by atoms with Crippen LogP contribution >= 0.6 is 0 Å². The van der Waals surface area contributed by atoms with Crippen LogP contribution in [-0.4, -0.2) is 84.7 Å². The van der Waals surface area contributed by atoms with Crippen LogP contribution in [0.4, 0.5) is 5.69 Å². The molecule has 2 bridgehead atoms. The molecule has 41 heavy (non-hydrogen) atoms. The second-order valence-electron chi connectivity index (χ2n) is 10.1. The number of aliphatic hydroxyl groups excluding tert-OH is 2. The van der Waals surface area contributed by atoms with Gasteiger partial charge >= 0.3 is 5.97 Å². The Hall–Kier alpha value is -4.85. The molecule has 7 N–H and O–H groups in total. The third kappa shape index (κ3) is 3.02. The summed E-state index contributed by atoms with van der Waals surface area (Å²) in [5.74, 6) is 5.38. The fraction of sp³-hybridized carbons (Fsp3) is 0.276. The maximum Gasteiger partial charge on any atom is 0.337 e. The zero-order valence-corrected chi connectivity index (χ0v) is 21.3. The summed E-state index contributed by atoms with van der Waals surface area (Å²) in [4.78, 5) is 39.7. The molecule has 0 unspecified atom stereocenters. The Morgan fingerprint density at radius 1 is 1.07 bits per heavy atom. The number of hydrogen-bond acceptors (Lipinski definition) is 12. The monoisotopic (exact) mass is 559 g/mol. The third-order valence-corrected chi connectivity index (χ3v) is 8.11. The van der Waals surface area contributed by atoms with E-state index in [4.69, 9.17) is 4.74 Å². The van der Waals surface area contributed by atoms with Crippen molar-refractivity contribution in [1.29, 1.82) is 0 Å². The zero-order chi connectivity index (χ0) is 29.6. The van der Waals surface area contributed by atoms with Crippen LogP contribution in [0.5, 0.6) is 17.2 Å². The summed E-state index contributed by atoms with van der Waals surface area (Å²) in [6.45, 7) is 1.07.